The number of halogens is 2. The Balaban J connectivity index is 1.97. The molecule has 156 valence electrons. The highest BCUT2D eigenvalue weighted by Gasteiger charge is 2.28. The van der Waals surface area contributed by atoms with Crippen molar-refractivity contribution in [3.8, 4) is 0 Å². The van der Waals surface area contributed by atoms with Crippen LogP contribution in [0.25, 0.3) is 0 Å². The van der Waals surface area contributed by atoms with Gasteiger partial charge in [-0.3, -0.25) is 9.10 Å². The number of carbonyl (C=O) groups is 1. The highest BCUT2D eigenvalue weighted by Crippen LogP contribution is 2.29. The Morgan fingerprint density at radius 2 is 1.50 bits per heavy atom. The molecule has 8 heteroatoms. The van der Waals surface area contributed by atoms with E-state index >= 15 is 0 Å². The maximum absolute atomic E-state index is 13.4. The van der Waals surface area contributed by atoms with E-state index in [2.05, 4.69) is 5.32 Å². The average Bonchev–Trinajstić information content (AvgIpc) is 2.69. The van der Waals surface area contributed by atoms with Gasteiger partial charge in [0.25, 0.3) is 10.0 Å². The molecule has 0 aliphatic heterocycles. The number of benzene rings is 3. The predicted octanol–water partition coefficient (Wildman–Crippen LogP) is 5.44. The van der Waals surface area contributed by atoms with Gasteiger partial charge in [0.05, 0.1) is 10.6 Å². The molecule has 3 rings (SSSR count). The molecule has 0 aliphatic carbocycles. The van der Waals surface area contributed by atoms with Gasteiger partial charge in [-0.1, -0.05) is 40.9 Å². The third kappa shape index (κ3) is 5.14. The van der Waals surface area contributed by atoms with Crippen LogP contribution in [0.3, 0.4) is 0 Å². The van der Waals surface area contributed by atoms with Crippen LogP contribution in [-0.2, 0) is 14.8 Å². The van der Waals surface area contributed by atoms with E-state index < -0.39 is 22.5 Å². The van der Waals surface area contributed by atoms with E-state index in [9.17, 15) is 13.2 Å². The molecular weight excluding hydrogens is 443 g/mol. The largest absolute Gasteiger partial charge is 0.325 e. The first-order chi connectivity index (χ1) is 14.2. The van der Waals surface area contributed by atoms with Crippen LogP contribution >= 0.6 is 23.2 Å². The van der Waals surface area contributed by atoms with Crippen molar-refractivity contribution in [2.75, 3.05) is 16.2 Å². The number of carbonyl (C=O) groups excluding carboxylic acids is 1. The van der Waals surface area contributed by atoms with Gasteiger partial charge in [0.15, 0.2) is 0 Å². The van der Waals surface area contributed by atoms with Crippen LogP contribution in [-0.4, -0.2) is 20.9 Å². The van der Waals surface area contributed by atoms with E-state index in [1.54, 1.807) is 61.5 Å². The molecule has 0 bridgehead atoms. The molecule has 1 amide bonds. The van der Waals surface area contributed by atoms with Gasteiger partial charge in [-0.25, -0.2) is 8.42 Å². The summed E-state index contributed by atoms with van der Waals surface area (Å²) in [6, 6.07) is 17.9. The van der Waals surface area contributed by atoms with Crippen molar-refractivity contribution in [2.24, 2.45) is 0 Å². The number of nitrogens with one attached hydrogen (secondary N) is 1. The Morgan fingerprint density at radius 1 is 0.900 bits per heavy atom. The Hall–Kier alpha value is -2.54. The quantitative estimate of drug-likeness (QED) is 0.529. The second-order valence-electron chi connectivity index (χ2n) is 6.81. The van der Waals surface area contributed by atoms with Gasteiger partial charge >= 0.3 is 0 Å². The monoisotopic (exact) mass is 462 g/mol. The zero-order chi connectivity index (χ0) is 21.9. The first-order valence-electron chi connectivity index (χ1n) is 9.08. The first kappa shape index (κ1) is 22.2. The summed E-state index contributed by atoms with van der Waals surface area (Å²) < 4.78 is 27.9. The minimum Gasteiger partial charge on any atom is -0.325 e. The summed E-state index contributed by atoms with van der Waals surface area (Å²) in [5.41, 5.74) is 2.47. The fraction of sp³-hybridized carbons (Fsp3) is 0.136. The highest BCUT2D eigenvalue weighted by molar-refractivity contribution is 7.92. The van der Waals surface area contributed by atoms with Crippen LogP contribution in [0.5, 0.6) is 0 Å². The molecule has 0 spiro atoms. The molecular formula is C22H20Cl2N2O3S. The van der Waals surface area contributed by atoms with Gasteiger partial charge < -0.3 is 5.32 Å². The molecule has 3 aromatic rings. The number of aryl methyl sites for hydroxylation is 2. The van der Waals surface area contributed by atoms with Crippen LogP contribution < -0.4 is 9.62 Å². The van der Waals surface area contributed by atoms with Gasteiger partial charge in [0, 0.05) is 15.7 Å². The zero-order valence-electron chi connectivity index (χ0n) is 16.4. The molecule has 0 aromatic heterocycles. The van der Waals surface area contributed by atoms with Crippen molar-refractivity contribution in [2.45, 2.75) is 18.7 Å². The third-order valence-corrected chi connectivity index (χ3v) is 6.71. The minimum atomic E-state index is -3.99. The van der Waals surface area contributed by atoms with Crippen LogP contribution in [0.4, 0.5) is 11.4 Å². The molecule has 0 unspecified atom stereocenters. The lowest BCUT2D eigenvalue weighted by Crippen LogP contribution is -2.38. The number of hydrogen-bond acceptors (Lipinski definition) is 3. The molecule has 0 saturated carbocycles. The maximum atomic E-state index is 13.4. The van der Waals surface area contributed by atoms with Gasteiger partial charge in [0.1, 0.15) is 6.54 Å². The van der Waals surface area contributed by atoms with Crippen LogP contribution in [0, 0.1) is 13.8 Å². The second kappa shape index (κ2) is 9.08. The van der Waals surface area contributed by atoms with Gasteiger partial charge in [-0.05, 0) is 74.0 Å². The first-order valence-corrected chi connectivity index (χ1v) is 11.3. The average molecular weight is 463 g/mol. The van der Waals surface area contributed by atoms with E-state index in [1.807, 2.05) is 6.92 Å². The standard InChI is InChI=1S/C22H20Cl2N2O3S/c1-15-3-10-20(11-4-15)30(28,29)26(21-12-7-18(24)13-16(21)2)14-22(27)25-19-8-5-17(23)6-9-19/h3-13H,14H2,1-2H3,(H,25,27). The van der Waals surface area contributed by atoms with E-state index in [1.165, 1.54) is 12.1 Å². The highest BCUT2D eigenvalue weighted by atomic mass is 35.5. The Kier molecular flexibility index (Phi) is 6.71. The summed E-state index contributed by atoms with van der Waals surface area (Å²) in [4.78, 5) is 12.8. The summed E-state index contributed by atoms with van der Waals surface area (Å²) >= 11 is 11.9. The summed E-state index contributed by atoms with van der Waals surface area (Å²) in [6.07, 6.45) is 0. The normalized spacial score (nSPS) is 11.2. The molecule has 0 fully saturated rings. The summed E-state index contributed by atoms with van der Waals surface area (Å²) in [5, 5.41) is 3.72. The molecule has 1 N–H and O–H groups in total. The molecule has 0 heterocycles. The summed E-state index contributed by atoms with van der Waals surface area (Å²) in [5.74, 6) is -0.484. The molecule has 0 atom stereocenters. The third-order valence-electron chi connectivity index (χ3n) is 4.45. The molecule has 0 saturated heterocycles. The second-order valence-corrected chi connectivity index (χ2v) is 9.55. The molecule has 0 radical (unpaired) electrons. The number of anilines is 2. The Morgan fingerprint density at radius 3 is 2.10 bits per heavy atom. The lowest BCUT2D eigenvalue weighted by molar-refractivity contribution is -0.114. The van der Waals surface area contributed by atoms with Crippen LogP contribution in [0.1, 0.15) is 11.1 Å². The van der Waals surface area contributed by atoms with Crippen molar-refractivity contribution < 1.29 is 13.2 Å². The van der Waals surface area contributed by atoms with Gasteiger partial charge in [-0.15, -0.1) is 0 Å². The van der Waals surface area contributed by atoms with Gasteiger partial charge in [-0.2, -0.15) is 0 Å². The van der Waals surface area contributed by atoms with E-state index in [0.717, 1.165) is 9.87 Å². The van der Waals surface area contributed by atoms with Crippen LogP contribution in [0.2, 0.25) is 10.0 Å². The lowest BCUT2D eigenvalue weighted by atomic mass is 10.2. The summed E-state index contributed by atoms with van der Waals surface area (Å²) in [7, 11) is -3.99. The molecule has 3 aromatic carbocycles. The van der Waals surface area contributed by atoms with Crippen molar-refractivity contribution in [3.05, 3.63) is 87.9 Å². The Labute approximate surface area is 186 Å². The van der Waals surface area contributed by atoms with Crippen molar-refractivity contribution in [1.29, 1.82) is 0 Å². The van der Waals surface area contributed by atoms with Crippen molar-refractivity contribution >= 4 is 50.5 Å². The van der Waals surface area contributed by atoms with E-state index in [0.29, 0.717) is 27.0 Å². The molecule has 30 heavy (non-hydrogen) atoms. The molecule has 0 aliphatic rings. The van der Waals surface area contributed by atoms with E-state index in [4.69, 9.17) is 23.2 Å². The smallest absolute Gasteiger partial charge is 0.264 e. The maximum Gasteiger partial charge on any atom is 0.264 e. The van der Waals surface area contributed by atoms with Crippen LogP contribution in [0.15, 0.2) is 71.6 Å². The lowest BCUT2D eigenvalue weighted by Gasteiger charge is -2.26. The number of amides is 1. The number of nitrogens with zero attached hydrogens (tertiary/aromatic N) is 1. The fourth-order valence-electron chi connectivity index (χ4n) is 2.90. The number of hydrogen-bond donors (Lipinski definition) is 1. The zero-order valence-corrected chi connectivity index (χ0v) is 18.7. The SMILES string of the molecule is Cc1ccc(S(=O)(=O)N(CC(=O)Nc2ccc(Cl)cc2)c2ccc(Cl)cc2C)cc1. The number of sulfonamides is 1. The Bertz CT molecular complexity index is 1160. The topological polar surface area (TPSA) is 66.5 Å². The minimum absolute atomic E-state index is 0.0988. The number of rotatable bonds is 6. The molecule has 5 nitrogen and oxygen atoms in total. The summed E-state index contributed by atoms with van der Waals surface area (Å²) in [6.45, 7) is 3.22. The van der Waals surface area contributed by atoms with E-state index in [-0.39, 0.29) is 4.90 Å². The van der Waals surface area contributed by atoms with Crippen molar-refractivity contribution in [3.63, 3.8) is 0 Å². The fourth-order valence-corrected chi connectivity index (χ4v) is 4.74. The van der Waals surface area contributed by atoms with Crippen molar-refractivity contribution in [1.82, 2.24) is 0 Å². The van der Waals surface area contributed by atoms with Gasteiger partial charge in [0.2, 0.25) is 5.91 Å². The predicted molar refractivity (Wildman–Crippen MR) is 122 cm³/mol.